The van der Waals surface area contributed by atoms with Crippen molar-refractivity contribution in [2.75, 3.05) is 11.1 Å². The quantitative estimate of drug-likeness (QED) is 0.396. The van der Waals surface area contributed by atoms with Crippen LogP contribution in [0.4, 0.5) is 10.1 Å². The summed E-state index contributed by atoms with van der Waals surface area (Å²) in [6, 6.07) is 12.5. The van der Waals surface area contributed by atoms with Gasteiger partial charge in [-0.25, -0.2) is 4.39 Å². The van der Waals surface area contributed by atoms with Crippen LogP contribution in [0.25, 0.3) is 0 Å². The molecule has 0 fully saturated rings. The van der Waals surface area contributed by atoms with E-state index in [0.29, 0.717) is 21.4 Å². The summed E-state index contributed by atoms with van der Waals surface area (Å²) in [5.74, 6) is 1.11. The maximum atomic E-state index is 13.9. The van der Waals surface area contributed by atoms with Gasteiger partial charge in [0.05, 0.1) is 11.4 Å². The molecule has 0 saturated heterocycles. The van der Waals surface area contributed by atoms with Crippen molar-refractivity contribution in [1.29, 1.82) is 0 Å². The van der Waals surface area contributed by atoms with E-state index in [9.17, 15) is 9.18 Å². The van der Waals surface area contributed by atoms with Gasteiger partial charge in [0.2, 0.25) is 5.91 Å². The zero-order chi connectivity index (χ0) is 22.5. The van der Waals surface area contributed by atoms with Gasteiger partial charge in [0.15, 0.2) is 17.1 Å². The second-order valence-electron chi connectivity index (χ2n) is 7.34. The number of nitrogens with one attached hydrogen (secondary N) is 1. The molecule has 1 atom stereocenters. The largest absolute Gasteiger partial charge is 0.483 e. The van der Waals surface area contributed by atoms with Crippen LogP contribution in [0.15, 0.2) is 52.1 Å². The molecule has 0 aliphatic carbocycles. The molecule has 31 heavy (non-hydrogen) atoms. The average Bonchev–Trinajstić information content (AvgIpc) is 3.09. The second-order valence-corrected chi connectivity index (χ2v) is 9.20. The summed E-state index contributed by atoms with van der Waals surface area (Å²) in [6.07, 6.45) is -0.317. The van der Waals surface area contributed by atoms with Gasteiger partial charge in [0.1, 0.15) is 11.6 Å². The molecule has 1 N–H and O–H groups in total. The van der Waals surface area contributed by atoms with Crippen LogP contribution in [0.3, 0.4) is 0 Å². The number of amides is 1. The summed E-state index contributed by atoms with van der Waals surface area (Å²) in [4.78, 5) is 12.2. The zero-order valence-corrected chi connectivity index (χ0v) is 20.1. The molecule has 0 aliphatic rings. The monoisotopic (exact) mass is 506 g/mol. The molecule has 2 aromatic carbocycles. The van der Waals surface area contributed by atoms with Crippen molar-refractivity contribution < 1.29 is 13.9 Å². The van der Waals surface area contributed by atoms with Crippen LogP contribution in [-0.2, 0) is 11.8 Å². The van der Waals surface area contributed by atoms with Crippen LogP contribution in [0.1, 0.15) is 44.2 Å². The topological polar surface area (TPSA) is 69.0 Å². The third-order valence-electron chi connectivity index (χ3n) is 4.63. The van der Waals surface area contributed by atoms with Crippen molar-refractivity contribution in [3.63, 3.8) is 0 Å². The fourth-order valence-electron chi connectivity index (χ4n) is 2.90. The fourth-order valence-corrected chi connectivity index (χ4v) is 3.95. The Bertz CT molecular complexity index is 1060. The second kappa shape index (κ2) is 10.3. The van der Waals surface area contributed by atoms with E-state index in [-0.39, 0.29) is 23.5 Å². The number of thioether (sulfide) groups is 1. The molecule has 6 nitrogen and oxygen atoms in total. The lowest BCUT2D eigenvalue weighted by Gasteiger charge is -2.15. The lowest BCUT2D eigenvalue weighted by molar-refractivity contribution is -0.113. The van der Waals surface area contributed by atoms with E-state index in [1.807, 2.05) is 26.1 Å². The smallest absolute Gasteiger partial charge is 0.234 e. The summed E-state index contributed by atoms with van der Waals surface area (Å²) in [7, 11) is 1.83. The normalized spacial score (nSPS) is 12.1. The zero-order valence-electron chi connectivity index (χ0n) is 17.7. The van der Waals surface area contributed by atoms with Crippen LogP contribution < -0.4 is 10.1 Å². The van der Waals surface area contributed by atoms with Crippen LogP contribution in [0.5, 0.6) is 5.75 Å². The van der Waals surface area contributed by atoms with Gasteiger partial charge in [0, 0.05) is 11.5 Å². The number of benzene rings is 2. The minimum atomic E-state index is -0.499. The molecule has 0 saturated carbocycles. The molecule has 1 aromatic heterocycles. The maximum Gasteiger partial charge on any atom is 0.234 e. The number of carbonyl (C=O) groups is 1. The van der Waals surface area contributed by atoms with E-state index in [2.05, 4.69) is 57.4 Å². The summed E-state index contributed by atoms with van der Waals surface area (Å²) in [5.41, 5.74) is 1.39. The Balaban J connectivity index is 1.58. The molecular formula is C22H24BrFN4O2S. The first-order valence-electron chi connectivity index (χ1n) is 9.78. The summed E-state index contributed by atoms with van der Waals surface area (Å²) in [5, 5.41) is 11.5. The minimum Gasteiger partial charge on any atom is -0.483 e. The molecule has 0 radical (unpaired) electrons. The highest BCUT2D eigenvalue weighted by Crippen LogP contribution is 2.26. The van der Waals surface area contributed by atoms with Gasteiger partial charge in [-0.05, 0) is 48.7 Å². The number of rotatable bonds is 8. The van der Waals surface area contributed by atoms with Gasteiger partial charge >= 0.3 is 0 Å². The molecule has 9 heteroatoms. The third-order valence-corrected chi connectivity index (χ3v) is 6.14. The van der Waals surface area contributed by atoms with E-state index in [4.69, 9.17) is 4.74 Å². The first kappa shape index (κ1) is 23.3. The van der Waals surface area contributed by atoms with Crippen molar-refractivity contribution in [1.82, 2.24) is 14.8 Å². The maximum absolute atomic E-state index is 13.9. The minimum absolute atomic E-state index is 0.0768. The summed E-state index contributed by atoms with van der Waals surface area (Å²) < 4.78 is 22.3. The van der Waals surface area contributed by atoms with Crippen molar-refractivity contribution in [3.8, 4) is 5.75 Å². The average molecular weight is 507 g/mol. The van der Waals surface area contributed by atoms with E-state index < -0.39 is 5.82 Å². The molecule has 1 heterocycles. The SMILES string of the molecule is CC(C)c1ccc(OC(C)c2nnc(SCC(=O)Nc3ccc(Br)cc3F)n2C)cc1. The first-order chi connectivity index (χ1) is 14.7. The number of hydrogen-bond acceptors (Lipinski definition) is 5. The van der Waals surface area contributed by atoms with E-state index >= 15 is 0 Å². The molecule has 0 aliphatic heterocycles. The van der Waals surface area contributed by atoms with Gasteiger partial charge in [-0.1, -0.05) is 53.7 Å². The molecular weight excluding hydrogens is 483 g/mol. The third kappa shape index (κ3) is 6.07. The Hall–Kier alpha value is -2.39. The van der Waals surface area contributed by atoms with Gasteiger partial charge in [0.25, 0.3) is 0 Å². The Morgan fingerprint density at radius 1 is 1.19 bits per heavy atom. The first-order valence-corrected chi connectivity index (χ1v) is 11.6. The highest BCUT2D eigenvalue weighted by atomic mass is 79.9. The number of nitrogens with zero attached hydrogens (tertiary/aromatic N) is 3. The van der Waals surface area contributed by atoms with E-state index in [1.54, 1.807) is 10.6 Å². The van der Waals surface area contributed by atoms with Crippen LogP contribution >= 0.6 is 27.7 Å². The molecule has 0 bridgehead atoms. The lowest BCUT2D eigenvalue weighted by atomic mass is 10.0. The molecule has 3 aromatic rings. The van der Waals surface area contributed by atoms with Gasteiger partial charge in [-0.15, -0.1) is 10.2 Å². The molecule has 1 unspecified atom stereocenters. The van der Waals surface area contributed by atoms with Crippen LogP contribution in [0, 0.1) is 5.82 Å². The standard InChI is InChI=1S/C22H24BrFN4O2S/c1-13(2)15-5-8-17(9-6-15)30-14(3)21-26-27-22(28(21)4)31-12-20(29)25-19-10-7-16(23)11-18(19)24/h5-11,13-14H,12H2,1-4H3,(H,25,29). The van der Waals surface area contributed by atoms with Gasteiger partial charge in [-0.3, -0.25) is 4.79 Å². The van der Waals surface area contributed by atoms with Crippen molar-refractivity contribution >= 4 is 39.3 Å². The van der Waals surface area contributed by atoms with Crippen molar-refractivity contribution in [2.45, 2.75) is 37.9 Å². The Morgan fingerprint density at radius 3 is 2.55 bits per heavy atom. The number of aromatic nitrogens is 3. The van der Waals surface area contributed by atoms with Crippen LogP contribution in [-0.4, -0.2) is 26.4 Å². The fraction of sp³-hybridized carbons (Fsp3) is 0.318. The van der Waals surface area contributed by atoms with Crippen molar-refractivity contribution in [2.24, 2.45) is 7.05 Å². The Labute approximate surface area is 193 Å². The number of hydrogen-bond donors (Lipinski definition) is 1. The number of carbonyl (C=O) groups excluding carboxylic acids is 1. The predicted molar refractivity (Wildman–Crippen MR) is 124 cm³/mol. The highest BCUT2D eigenvalue weighted by Gasteiger charge is 2.18. The van der Waals surface area contributed by atoms with E-state index in [0.717, 1.165) is 5.75 Å². The van der Waals surface area contributed by atoms with Crippen LogP contribution in [0.2, 0.25) is 0 Å². The number of ether oxygens (including phenoxy) is 1. The van der Waals surface area contributed by atoms with Crippen molar-refractivity contribution in [3.05, 3.63) is 64.1 Å². The highest BCUT2D eigenvalue weighted by molar-refractivity contribution is 9.10. The van der Waals surface area contributed by atoms with Gasteiger partial charge in [-0.2, -0.15) is 0 Å². The Kier molecular flexibility index (Phi) is 7.72. The molecule has 1 amide bonds. The lowest BCUT2D eigenvalue weighted by Crippen LogP contribution is -2.15. The van der Waals surface area contributed by atoms with Gasteiger partial charge < -0.3 is 14.6 Å². The summed E-state index contributed by atoms with van der Waals surface area (Å²) >= 11 is 4.41. The summed E-state index contributed by atoms with van der Waals surface area (Å²) in [6.45, 7) is 6.19. The Morgan fingerprint density at radius 2 is 1.90 bits per heavy atom. The number of halogens is 2. The molecule has 164 valence electrons. The molecule has 3 rings (SSSR count). The predicted octanol–water partition coefficient (Wildman–Crippen LogP) is 5.71. The molecule has 0 spiro atoms. The number of anilines is 1. The van der Waals surface area contributed by atoms with E-state index in [1.165, 1.54) is 29.5 Å².